The van der Waals surface area contributed by atoms with Crippen LogP contribution in [0.3, 0.4) is 0 Å². The summed E-state index contributed by atoms with van der Waals surface area (Å²) >= 11 is 3.62. The van der Waals surface area contributed by atoms with Gasteiger partial charge in [-0.1, -0.05) is 58.4 Å². The molecule has 1 aliphatic heterocycles. The number of hydrogen-bond acceptors (Lipinski definition) is 2. The average Bonchev–Trinajstić information content (AvgIpc) is 2.37. The molecule has 0 bridgehead atoms. The van der Waals surface area contributed by atoms with Crippen LogP contribution in [0.15, 0.2) is 53.0 Å². The zero-order valence-electron chi connectivity index (χ0n) is 10.4. The molecular weight excluding hydrogens is 324 g/mol. The highest BCUT2D eigenvalue weighted by Gasteiger charge is 2.36. The Morgan fingerprint density at radius 3 is 2.11 bits per heavy atom. The second kappa shape index (κ2) is 5.63. The lowest BCUT2D eigenvalue weighted by molar-refractivity contribution is 0.288. The first-order chi connectivity index (χ1) is 8.71. The van der Waals surface area contributed by atoms with Crippen molar-refractivity contribution in [2.24, 2.45) is 5.73 Å². The topological polar surface area (TPSA) is 38.0 Å². The largest absolute Gasteiger partial charge is 0.319 e. The minimum atomic E-state index is -0.230. The number of halogens is 2. The van der Waals surface area contributed by atoms with Crippen LogP contribution < -0.4 is 11.1 Å². The third kappa shape index (κ3) is 2.56. The summed E-state index contributed by atoms with van der Waals surface area (Å²) in [5, 5.41) is 3.26. The van der Waals surface area contributed by atoms with Crippen LogP contribution in [0.2, 0.25) is 0 Å². The number of nitrogens with two attached hydrogens (primary N) is 1. The van der Waals surface area contributed by atoms with Gasteiger partial charge in [0.15, 0.2) is 0 Å². The van der Waals surface area contributed by atoms with Crippen molar-refractivity contribution in [2.45, 2.75) is 5.54 Å². The Bertz CT molecular complexity index is 582. The number of benzene rings is 2. The Kier molecular flexibility index (Phi) is 4.31. The number of rotatable bonds is 2. The summed E-state index contributed by atoms with van der Waals surface area (Å²) in [7, 11) is 0. The monoisotopic (exact) mass is 338 g/mol. The summed E-state index contributed by atoms with van der Waals surface area (Å²) in [4.78, 5) is 0. The zero-order valence-corrected chi connectivity index (χ0v) is 12.8. The normalized spacial score (nSPS) is 16.3. The molecule has 0 spiro atoms. The van der Waals surface area contributed by atoms with Crippen molar-refractivity contribution >= 4 is 28.3 Å². The Morgan fingerprint density at radius 2 is 1.53 bits per heavy atom. The van der Waals surface area contributed by atoms with Crippen molar-refractivity contribution in [1.29, 1.82) is 0 Å². The molecule has 1 heterocycles. The van der Waals surface area contributed by atoms with Gasteiger partial charge in [0.2, 0.25) is 0 Å². The first-order valence-electron chi connectivity index (χ1n) is 6.05. The van der Waals surface area contributed by atoms with E-state index in [2.05, 4.69) is 63.7 Å². The van der Waals surface area contributed by atoms with Crippen LogP contribution in [0.4, 0.5) is 0 Å². The van der Waals surface area contributed by atoms with Gasteiger partial charge in [-0.15, -0.1) is 12.4 Å². The van der Waals surface area contributed by atoms with Crippen molar-refractivity contribution in [3.05, 3.63) is 58.6 Å². The summed E-state index contributed by atoms with van der Waals surface area (Å²) in [6.07, 6.45) is 0. The first kappa shape index (κ1) is 14.5. The Labute approximate surface area is 127 Å². The molecule has 0 aromatic heterocycles. The van der Waals surface area contributed by atoms with Crippen LogP contribution in [0.5, 0.6) is 0 Å². The Hall–Kier alpha value is -0.870. The molecule has 19 heavy (non-hydrogen) atoms. The van der Waals surface area contributed by atoms with E-state index in [0.29, 0.717) is 0 Å². The lowest BCUT2D eigenvalue weighted by Crippen LogP contribution is -2.62. The average molecular weight is 340 g/mol. The van der Waals surface area contributed by atoms with E-state index in [4.69, 9.17) is 5.73 Å². The maximum Gasteiger partial charge on any atom is 0.0668 e. The molecule has 0 radical (unpaired) electrons. The van der Waals surface area contributed by atoms with Gasteiger partial charge in [-0.2, -0.15) is 0 Å². The van der Waals surface area contributed by atoms with Gasteiger partial charge in [-0.25, -0.2) is 0 Å². The Morgan fingerprint density at radius 1 is 0.947 bits per heavy atom. The fourth-order valence-electron chi connectivity index (χ4n) is 2.42. The van der Waals surface area contributed by atoms with E-state index in [1.807, 2.05) is 6.07 Å². The van der Waals surface area contributed by atoms with Gasteiger partial charge >= 0.3 is 0 Å². The van der Waals surface area contributed by atoms with Crippen molar-refractivity contribution in [3.63, 3.8) is 0 Å². The second-order valence-electron chi connectivity index (χ2n) is 4.79. The van der Waals surface area contributed by atoms with Gasteiger partial charge in [-0.3, -0.25) is 0 Å². The standard InChI is InChI=1S/C15H15BrN2.ClH/c16-14-8-4-2-6-12(14)11-5-1-3-7-13(11)15(17)9-18-10-15;/h1-8,18H,9-10,17H2;1H. The molecule has 100 valence electrons. The molecule has 0 unspecified atom stereocenters. The van der Waals surface area contributed by atoms with Crippen molar-refractivity contribution in [3.8, 4) is 11.1 Å². The lowest BCUT2D eigenvalue weighted by Gasteiger charge is -2.40. The van der Waals surface area contributed by atoms with E-state index >= 15 is 0 Å². The zero-order chi connectivity index (χ0) is 12.6. The second-order valence-corrected chi connectivity index (χ2v) is 5.64. The van der Waals surface area contributed by atoms with Gasteiger partial charge in [0.25, 0.3) is 0 Å². The molecular formula is C15H16BrClN2. The third-order valence-electron chi connectivity index (χ3n) is 3.51. The number of nitrogens with one attached hydrogen (secondary N) is 1. The molecule has 2 aromatic rings. The van der Waals surface area contributed by atoms with Gasteiger partial charge < -0.3 is 11.1 Å². The minimum absolute atomic E-state index is 0. The van der Waals surface area contributed by atoms with Crippen LogP contribution in [0.1, 0.15) is 5.56 Å². The molecule has 4 heteroatoms. The van der Waals surface area contributed by atoms with Crippen LogP contribution in [-0.4, -0.2) is 13.1 Å². The van der Waals surface area contributed by atoms with Crippen LogP contribution in [0.25, 0.3) is 11.1 Å². The van der Waals surface area contributed by atoms with Crippen LogP contribution in [-0.2, 0) is 5.54 Å². The van der Waals surface area contributed by atoms with Crippen molar-refractivity contribution in [2.75, 3.05) is 13.1 Å². The highest BCUT2D eigenvalue weighted by Crippen LogP contribution is 2.35. The highest BCUT2D eigenvalue weighted by atomic mass is 79.9. The SMILES string of the molecule is Cl.NC1(c2ccccc2-c2ccccc2Br)CNC1. The maximum atomic E-state index is 6.43. The van der Waals surface area contributed by atoms with E-state index in [1.165, 1.54) is 16.7 Å². The van der Waals surface area contributed by atoms with Gasteiger partial charge in [0.1, 0.15) is 0 Å². The molecule has 2 aromatic carbocycles. The van der Waals surface area contributed by atoms with E-state index in [0.717, 1.165) is 17.6 Å². The smallest absolute Gasteiger partial charge is 0.0668 e. The molecule has 0 amide bonds. The fourth-order valence-corrected chi connectivity index (χ4v) is 2.91. The van der Waals surface area contributed by atoms with E-state index in [1.54, 1.807) is 0 Å². The maximum absolute atomic E-state index is 6.43. The lowest BCUT2D eigenvalue weighted by atomic mass is 9.81. The quantitative estimate of drug-likeness (QED) is 0.881. The molecule has 3 N–H and O–H groups in total. The summed E-state index contributed by atoms with van der Waals surface area (Å²) in [5.41, 5.74) is 9.84. The molecule has 1 aliphatic rings. The molecule has 3 rings (SSSR count). The molecule has 2 nitrogen and oxygen atoms in total. The number of hydrogen-bond donors (Lipinski definition) is 2. The minimum Gasteiger partial charge on any atom is -0.319 e. The van der Waals surface area contributed by atoms with E-state index in [9.17, 15) is 0 Å². The summed E-state index contributed by atoms with van der Waals surface area (Å²) in [5.74, 6) is 0. The fraction of sp³-hybridized carbons (Fsp3) is 0.200. The van der Waals surface area contributed by atoms with Crippen molar-refractivity contribution < 1.29 is 0 Å². The van der Waals surface area contributed by atoms with Gasteiger partial charge in [-0.05, 0) is 22.8 Å². The molecule has 1 saturated heterocycles. The third-order valence-corrected chi connectivity index (χ3v) is 4.20. The molecule has 1 fully saturated rings. The molecule has 0 saturated carbocycles. The van der Waals surface area contributed by atoms with Crippen LogP contribution in [0, 0.1) is 0 Å². The predicted molar refractivity (Wildman–Crippen MR) is 85.6 cm³/mol. The Balaban J connectivity index is 0.00000133. The molecule has 0 atom stereocenters. The van der Waals surface area contributed by atoms with Crippen LogP contribution >= 0.6 is 28.3 Å². The highest BCUT2D eigenvalue weighted by molar-refractivity contribution is 9.10. The van der Waals surface area contributed by atoms with Gasteiger partial charge in [0.05, 0.1) is 5.54 Å². The summed E-state index contributed by atoms with van der Waals surface area (Å²) < 4.78 is 1.10. The summed E-state index contributed by atoms with van der Waals surface area (Å²) in [6.45, 7) is 1.68. The first-order valence-corrected chi connectivity index (χ1v) is 6.84. The molecule has 0 aliphatic carbocycles. The predicted octanol–water partition coefficient (Wildman–Crippen LogP) is 3.30. The van der Waals surface area contributed by atoms with Crippen molar-refractivity contribution in [1.82, 2.24) is 5.32 Å². The van der Waals surface area contributed by atoms with E-state index in [-0.39, 0.29) is 17.9 Å². The summed E-state index contributed by atoms with van der Waals surface area (Å²) in [6, 6.07) is 16.7. The van der Waals surface area contributed by atoms with E-state index < -0.39 is 0 Å². The van der Waals surface area contributed by atoms with Gasteiger partial charge in [0, 0.05) is 17.6 Å².